The monoisotopic (exact) mass is 511 g/mol. The van der Waals surface area contributed by atoms with E-state index in [4.69, 9.17) is 5.11 Å². The van der Waals surface area contributed by atoms with E-state index in [1.165, 1.54) is 36.9 Å². The van der Waals surface area contributed by atoms with Gasteiger partial charge in [0.2, 0.25) is 17.7 Å². The molecule has 0 aromatic heterocycles. The fourth-order valence-corrected chi connectivity index (χ4v) is 3.59. The van der Waals surface area contributed by atoms with E-state index in [2.05, 4.69) is 16.0 Å². The molecule has 1 aliphatic rings. The molecule has 11 heteroatoms. The van der Waals surface area contributed by atoms with E-state index in [9.17, 15) is 24.0 Å². The molecule has 11 nitrogen and oxygen atoms in total. The summed E-state index contributed by atoms with van der Waals surface area (Å²) in [5.41, 5.74) is 0.847. The lowest BCUT2D eigenvalue weighted by Crippen LogP contribution is -2.51. The van der Waals surface area contributed by atoms with E-state index in [0.29, 0.717) is 0 Å². The van der Waals surface area contributed by atoms with E-state index in [-0.39, 0.29) is 22.5 Å². The predicted octanol–water partition coefficient (Wildman–Crippen LogP) is 1.31. The molecule has 0 spiro atoms. The van der Waals surface area contributed by atoms with Crippen LogP contribution >= 0.6 is 0 Å². The molecule has 0 radical (unpaired) electrons. The molecule has 0 unspecified atom stereocenters. The molecule has 198 valence electrons. The van der Waals surface area contributed by atoms with Crippen LogP contribution in [0.15, 0.2) is 48.5 Å². The molecule has 2 aromatic carbocycles. The molecule has 0 fully saturated rings. The summed E-state index contributed by atoms with van der Waals surface area (Å²) in [6.07, 6.45) is 0. The summed E-state index contributed by atoms with van der Waals surface area (Å²) in [7, 11) is 3.94. The summed E-state index contributed by atoms with van der Waals surface area (Å²) in [5.74, 6) is -2.55. The number of anilines is 2. The lowest BCUT2D eigenvalue weighted by Gasteiger charge is -2.28. The Morgan fingerprint density at radius 2 is 1.11 bits per heavy atom. The van der Waals surface area contributed by atoms with Gasteiger partial charge in [0.15, 0.2) is 0 Å². The molecule has 37 heavy (non-hydrogen) atoms. The molecule has 2 aromatic rings. The van der Waals surface area contributed by atoms with Gasteiger partial charge in [-0.05, 0) is 45.0 Å². The van der Waals surface area contributed by atoms with Gasteiger partial charge in [0.05, 0.1) is 22.5 Å². The molecule has 4 N–H and O–H groups in total. The molecule has 0 saturated carbocycles. The van der Waals surface area contributed by atoms with Crippen LogP contribution in [0.3, 0.4) is 0 Å². The Bertz CT molecular complexity index is 1180. The number of aliphatic hydroxyl groups excluding tert-OH is 1. The number of aliphatic hydroxyl groups is 1. The van der Waals surface area contributed by atoms with Crippen LogP contribution in [0.25, 0.3) is 0 Å². The average molecular weight is 512 g/mol. The van der Waals surface area contributed by atoms with Crippen molar-refractivity contribution in [3.05, 3.63) is 59.7 Å². The van der Waals surface area contributed by atoms with Crippen molar-refractivity contribution in [2.24, 2.45) is 0 Å². The van der Waals surface area contributed by atoms with Gasteiger partial charge in [-0.15, -0.1) is 0 Å². The van der Waals surface area contributed by atoms with Crippen LogP contribution in [0.2, 0.25) is 0 Å². The lowest BCUT2D eigenvalue weighted by atomic mass is 10.1. The Morgan fingerprint density at radius 1 is 0.676 bits per heavy atom. The predicted molar refractivity (Wildman–Crippen MR) is 139 cm³/mol. The summed E-state index contributed by atoms with van der Waals surface area (Å²) in [5, 5.41) is 15.0. The summed E-state index contributed by atoms with van der Waals surface area (Å²) >= 11 is 0. The van der Waals surface area contributed by atoms with Crippen LogP contribution in [0.5, 0.6) is 0 Å². The number of para-hydroxylation sites is 2. The van der Waals surface area contributed by atoms with E-state index < -0.39 is 47.7 Å². The maximum atomic E-state index is 13.3. The van der Waals surface area contributed by atoms with Gasteiger partial charge >= 0.3 is 0 Å². The highest BCUT2D eigenvalue weighted by molar-refractivity contribution is 6.09. The first kappa shape index (κ1) is 29.0. The van der Waals surface area contributed by atoms with Crippen molar-refractivity contribution in [3.8, 4) is 0 Å². The van der Waals surface area contributed by atoms with Crippen molar-refractivity contribution >= 4 is 40.9 Å². The number of hydrogen-bond donors (Lipinski definition) is 4. The molecular formula is C26H33N5O6. The van der Waals surface area contributed by atoms with Crippen molar-refractivity contribution in [1.29, 1.82) is 0 Å². The maximum Gasteiger partial charge on any atom is 0.256 e. The standard InChI is InChI=1S/C25H29N5O5.CH4O/c1-14-24(34)29(4)15(2)21(31)28-20-13-9-7-11-18(20)25(35)30(5)16(3)22(32)27-19-12-8-6-10-17(19)23(33)26-14;1-2/h6-16H,1-5H3,(H,26,33)(H,27,32)(H,28,31);2H,1H3/t14-,15-,16-;/m0./s1. The normalized spacial score (nSPS) is 21.4. The Kier molecular flexibility index (Phi) is 9.90. The van der Waals surface area contributed by atoms with Gasteiger partial charge in [-0.3, -0.25) is 24.0 Å². The van der Waals surface area contributed by atoms with Crippen molar-refractivity contribution in [2.75, 3.05) is 31.8 Å². The van der Waals surface area contributed by atoms with Gasteiger partial charge in [-0.1, -0.05) is 24.3 Å². The highest BCUT2D eigenvalue weighted by Gasteiger charge is 2.30. The van der Waals surface area contributed by atoms with Crippen LogP contribution in [-0.2, 0) is 14.4 Å². The number of nitrogens with zero attached hydrogens (tertiary/aromatic N) is 2. The molecular weight excluding hydrogens is 478 g/mol. The topological polar surface area (TPSA) is 148 Å². The van der Waals surface area contributed by atoms with Crippen LogP contribution in [0, 0.1) is 0 Å². The largest absolute Gasteiger partial charge is 0.400 e. The summed E-state index contributed by atoms with van der Waals surface area (Å²) < 4.78 is 0. The number of amides is 5. The number of benzene rings is 2. The molecule has 0 aliphatic carbocycles. The van der Waals surface area contributed by atoms with E-state index in [1.807, 2.05) is 0 Å². The van der Waals surface area contributed by atoms with E-state index in [0.717, 1.165) is 7.11 Å². The minimum absolute atomic E-state index is 0.157. The summed E-state index contributed by atoms with van der Waals surface area (Å²) in [6, 6.07) is 10.1. The fraction of sp³-hybridized carbons (Fsp3) is 0.346. The number of likely N-dealkylation sites (N-methyl/N-ethyl adjacent to an activating group) is 2. The molecule has 0 saturated heterocycles. The second-order valence-electron chi connectivity index (χ2n) is 8.48. The molecule has 1 aliphatic heterocycles. The quantitative estimate of drug-likeness (QED) is 0.419. The zero-order valence-corrected chi connectivity index (χ0v) is 21.7. The number of carbonyl (C=O) groups is 5. The highest BCUT2D eigenvalue weighted by Crippen LogP contribution is 2.21. The third-order valence-electron chi connectivity index (χ3n) is 6.15. The van der Waals surface area contributed by atoms with Crippen molar-refractivity contribution in [2.45, 2.75) is 38.9 Å². The second kappa shape index (κ2) is 12.6. The molecule has 1 heterocycles. The second-order valence-corrected chi connectivity index (χ2v) is 8.48. The minimum Gasteiger partial charge on any atom is -0.400 e. The van der Waals surface area contributed by atoms with Gasteiger partial charge in [0.25, 0.3) is 11.8 Å². The number of hydrogen-bond acceptors (Lipinski definition) is 6. The number of nitrogens with one attached hydrogen (secondary N) is 3. The third kappa shape index (κ3) is 6.50. The highest BCUT2D eigenvalue weighted by atomic mass is 16.2. The lowest BCUT2D eigenvalue weighted by molar-refractivity contribution is -0.137. The third-order valence-corrected chi connectivity index (χ3v) is 6.15. The Morgan fingerprint density at radius 3 is 1.65 bits per heavy atom. The van der Waals surface area contributed by atoms with E-state index >= 15 is 0 Å². The molecule has 0 bridgehead atoms. The fourth-order valence-electron chi connectivity index (χ4n) is 3.59. The zero-order valence-electron chi connectivity index (χ0n) is 21.7. The summed E-state index contributed by atoms with van der Waals surface area (Å²) in [6.45, 7) is 4.62. The first-order chi connectivity index (χ1) is 17.5. The zero-order chi connectivity index (χ0) is 27.9. The van der Waals surface area contributed by atoms with Crippen molar-refractivity contribution in [1.82, 2.24) is 15.1 Å². The van der Waals surface area contributed by atoms with E-state index in [1.54, 1.807) is 56.3 Å². The minimum atomic E-state index is -0.943. The van der Waals surface area contributed by atoms with Crippen LogP contribution in [0.1, 0.15) is 41.5 Å². The summed E-state index contributed by atoms with van der Waals surface area (Å²) in [4.78, 5) is 67.5. The van der Waals surface area contributed by atoms with Gasteiger partial charge in [0.1, 0.15) is 18.1 Å². The number of carbonyl (C=O) groups excluding carboxylic acids is 5. The first-order valence-electron chi connectivity index (χ1n) is 11.6. The van der Waals surface area contributed by atoms with Gasteiger partial charge in [0, 0.05) is 21.2 Å². The van der Waals surface area contributed by atoms with Crippen LogP contribution in [-0.4, -0.2) is 83.8 Å². The smallest absolute Gasteiger partial charge is 0.256 e. The van der Waals surface area contributed by atoms with Crippen molar-refractivity contribution in [3.63, 3.8) is 0 Å². The van der Waals surface area contributed by atoms with Gasteiger partial charge in [-0.25, -0.2) is 0 Å². The molecule has 5 amide bonds. The van der Waals surface area contributed by atoms with Crippen LogP contribution in [0.4, 0.5) is 11.4 Å². The van der Waals surface area contributed by atoms with Gasteiger partial charge in [-0.2, -0.15) is 0 Å². The Balaban J connectivity index is 0.00000235. The Hall–Kier alpha value is -4.25. The Labute approximate surface area is 215 Å². The molecule has 3 atom stereocenters. The number of fused-ring (bicyclic) bond motifs is 2. The number of rotatable bonds is 0. The van der Waals surface area contributed by atoms with Crippen LogP contribution < -0.4 is 16.0 Å². The average Bonchev–Trinajstić information content (AvgIpc) is 2.91. The maximum absolute atomic E-state index is 13.3. The van der Waals surface area contributed by atoms with Crippen molar-refractivity contribution < 1.29 is 29.1 Å². The van der Waals surface area contributed by atoms with Gasteiger partial charge < -0.3 is 30.9 Å². The first-order valence-corrected chi connectivity index (χ1v) is 11.6. The SMILES string of the molecule is CO.C[C@@H]1NC(=O)c2ccccc2NC(=O)[C@H](C)N(C)C(=O)c2ccccc2NC(=O)[C@H](C)N(C)C1=O. The molecule has 3 rings (SSSR count).